The molecule has 0 saturated heterocycles. The van der Waals surface area contributed by atoms with Crippen LogP contribution in [-0.2, 0) is 0 Å². The first kappa shape index (κ1) is 9.89. The van der Waals surface area contributed by atoms with Gasteiger partial charge in [0.15, 0.2) is 0 Å². The van der Waals surface area contributed by atoms with E-state index in [1.807, 2.05) is 12.1 Å². The monoisotopic (exact) mass is 288 g/mol. The summed E-state index contributed by atoms with van der Waals surface area (Å²) in [7, 11) is 0. The van der Waals surface area contributed by atoms with Crippen LogP contribution in [0.5, 0.6) is 0 Å². The van der Waals surface area contributed by atoms with E-state index < -0.39 is 5.97 Å². The molecule has 0 aliphatic rings. The van der Waals surface area contributed by atoms with Crippen molar-refractivity contribution in [3.05, 3.63) is 32.9 Å². The van der Waals surface area contributed by atoms with Crippen LogP contribution in [0, 0.1) is 0 Å². The van der Waals surface area contributed by atoms with Crippen molar-refractivity contribution in [2.24, 2.45) is 0 Å². The van der Waals surface area contributed by atoms with Crippen molar-refractivity contribution < 1.29 is 9.90 Å². The third kappa shape index (κ3) is 1.89. The fraction of sp³-hybridized carbons (Fsp3) is 0. The lowest BCUT2D eigenvalue weighted by Crippen LogP contribution is -1.91. The van der Waals surface area contributed by atoms with E-state index in [1.165, 1.54) is 11.3 Å². The van der Waals surface area contributed by atoms with E-state index in [0.717, 1.165) is 13.5 Å². The number of carboxylic acid groups (broad SMARTS) is 1. The number of hydrogen-bond donors (Lipinski definition) is 1. The molecule has 72 valence electrons. The SMILES string of the molecule is O=C(O)c1csc(-c2ccc(Br)s2)c1. The van der Waals surface area contributed by atoms with Crippen LogP contribution < -0.4 is 0 Å². The molecule has 2 nitrogen and oxygen atoms in total. The Balaban J connectivity index is 2.38. The number of thiophene rings is 2. The summed E-state index contributed by atoms with van der Waals surface area (Å²) in [6.45, 7) is 0. The molecule has 0 aliphatic carbocycles. The van der Waals surface area contributed by atoms with Gasteiger partial charge >= 0.3 is 5.97 Å². The fourth-order valence-corrected chi connectivity index (χ4v) is 3.39. The van der Waals surface area contributed by atoms with E-state index >= 15 is 0 Å². The predicted octanol–water partition coefficient (Wildman–Crippen LogP) is 3.94. The molecule has 1 N–H and O–H groups in total. The molecule has 0 spiro atoms. The second-order valence-electron chi connectivity index (χ2n) is 2.61. The Morgan fingerprint density at radius 3 is 2.64 bits per heavy atom. The quantitative estimate of drug-likeness (QED) is 0.909. The normalized spacial score (nSPS) is 10.4. The van der Waals surface area contributed by atoms with Crippen LogP contribution >= 0.6 is 38.6 Å². The molecular weight excluding hydrogens is 284 g/mol. The highest BCUT2D eigenvalue weighted by Gasteiger charge is 2.09. The molecule has 0 amide bonds. The summed E-state index contributed by atoms with van der Waals surface area (Å²) in [4.78, 5) is 12.7. The van der Waals surface area contributed by atoms with Gasteiger partial charge in [-0.2, -0.15) is 0 Å². The molecule has 0 saturated carbocycles. The Labute approximate surface area is 97.0 Å². The Kier molecular flexibility index (Phi) is 2.71. The first-order chi connectivity index (χ1) is 6.66. The summed E-state index contributed by atoms with van der Waals surface area (Å²) in [5.74, 6) is -0.872. The van der Waals surface area contributed by atoms with Crippen molar-refractivity contribution in [2.75, 3.05) is 0 Å². The van der Waals surface area contributed by atoms with E-state index in [9.17, 15) is 4.79 Å². The zero-order chi connectivity index (χ0) is 10.1. The lowest BCUT2D eigenvalue weighted by Gasteiger charge is -1.87. The van der Waals surface area contributed by atoms with Crippen LogP contribution in [0.1, 0.15) is 10.4 Å². The molecule has 14 heavy (non-hydrogen) atoms. The maximum absolute atomic E-state index is 10.7. The maximum atomic E-state index is 10.7. The number of hydrogen-bond acceptors (Lipinski definition) is 3. The number of rotatable bonds is 2. The van der Waals surface area contributed by atoms with Crippen LogP contribution in [0.4, 0.5) is 0 Å². The Morgan fingerprint density at radius 1 is 1.36 bits per heavy atom. The van der Waals surface area contributed by atoms with Crippen LogP contribution in [0.25, 0.3) is 9.75 Å². The van der Waals surface area contributed by atoms with Gasteiger partial charge in [-0.05, 0) is 34.1 Å². The van der Waals surface area contributed by atoms with Crippen LogP contribution in [0.2, 0.25) is 0 Å². The van der Waals surface area contributed by atoms with E-state index in [-0.39, 0.29) is 0 Å². The first-order valence-electron chi connectivity index (χ1n) is 3.74. The smallest absolute Gasteiger partial charge is 0.336 e. The Hall–Kier alpha value is -0.650. The summed E-state index contributed by atoms with van der Waals surface area (Å²) in [6.07, 6.45) is 0. The summed E-state index contributed by atoms with van der Waals surface area (Å²) >= 11 is 6.43. The van der Waals surface area contributed by atoms with Crippen LogP contribution in [-0.4, -0.2) is 11.1 Å². The van der Waals surface area contributed by atoms with Gasteiger partial charge < -0.3 is 5.11 Å². The molecule has 2 heterocycles. The highest BCUT2D eigenvalue weighted by Crippen LogP contribution is 2.35. The Morgan fingerprint density at radius 2 is 2.14 bits per heavy atom. The van der Waals surface area contributed by atoms with Gasteiger partial charge in [-0.3, -0.25) is 0 Å². The van der Waals surface area contributed by atoms with Gasteiger partial charge in [-0.25, -0.2) is 4.79 Å². The average molecular weight is 289 g/mol. The zero-order valence-electron chi connectivity index (χ0n) is 6.86. The molecular formula is C9H5BrO2S2. The van der Waals surface area contributed by atoms with Crippen molar-refractivity contribution in [3.8, 4) is 9.75 Å². The number of carbonyl (C=O) groups is 1. The van der Waals surface area contributed by atoms with Crippen molar-refractivity contribution in [1.29, 1.82) is 0 Å². The molecule has 2 rings (SSSR count). The maximum Gasteiger partial charge on any atom is 0.336 e. The molecule has 0 fully saturated rings. The topological polar surface area (TPSA) is 37.3 Å². The van der Waals surface area contributed by atoms with Gasteiger partial charge in [-0.1, -0.05) is 0 Å². The minimum absolute atomic E-state index is 0.356. The molecule has 0 atom stereocenters. The van der Waals surface area contributed by atoms with Gasteiger partial charge in [0, 0.05) is 15.1 Å². The average Bonchev–Trinajstić information content (AvgIpc) is 2.70. The fourth-order valence-electron chi connectivity index (χ4n) is 1.02. The van der Waals surface area contributed by atoms with Gasteiger partial charge in [0.25, 0.3) is 0 Å². The number of aromatic carboxylic acids is 1. The van der Waals surface area contributed by atoms with E-state index in [0.29, 0.717) is 5.56 Å². The molecule has 0 aliphatic heterocycles. The minimum Gasteiger partial charge on any atom is -0.478 e. The summed E-state index contributed by atoms with van der Waals surface area (Å²) in [6, 6.07) is 5.64. The summed E-state index contributed by atoms with van der Waals surface area (Å²) < 4.78 is 1.05. The van der Waals surface area contributed by atoms with Crippen molar-refractivity contribution in [2.45, 2.75) is 0 Å². The summed E-state index contributed by atoms with van der Waals surface area (Å²) in [5, 5.41) is 10.4. The lowest BCUT2D eigenvalue weighted by atomic mass is 10.3. The van der Waals surface area contributed by atoms with E-state index in [1.54, 1.807) is 22.8 Å². The molecule has 0 radical (unpaired) electrons. The minimum atomic E-state index is -0.872. The van der Waals surface area contributed by atoms with Gasteiger partial charge in [0.05, 0.1) is 9.35 Å². The standard InChI is InChI=1S/C9H5BrO2S2/c10-8-2-1-6(14-8)7-3-5(4-13-7)9(11)12/h1-4H,(H,11,12). The van der Waals surface area contributed by atoms with Gasteiger partial charge in [0.1, 0.15) is 0 Å². The predicted molar refractivity (Wildman–Crippen MR) is 62.3 cm³/mol. The third-order valence-corrected chi connectivity index (χ3v) is 4.41. The molecule has 0 aromatic carbocycles. The van der Waals surface area contributed by atoms with Crippen LogP contribution in [0.3, 0.4) is 0 Å². The molecule has 0 bridgehead atoms. The van der Waals surface area contributed by atoms with Crippen molar-refractivity contribution in [1.82, 2.24) is 0 Å². The number of halogens is 1. The zero-order valence-corrected chi connectivity index (χ0v) is 10.1. The molecule has 2 aromatic rings. The van der Waals surface area contributed by atoms with Crippen molar-refractivity contribution in [3.63, 3.8) is 0 Å². The second-order valence-corrected chi connectivity index (χ2v) is 5.98. The molecule has 2 aromatic heterocycles. The summed E-state index contributed by atoms with van der Waals surface area (Å²) in [5.41, 5.74) is 0.356. The van der Waals surface area contributed by atoms with E-state index in [4.69, 9.17) is 5.11 Å². The van der Waals surface area contributed by atoms with Gasteiger partial charge in [0.2, 0.25) is 0 Å². The Bertz CT molecular complexity index is 473. The van der Waals surface area contributed by atoms with Crippen LogP contribution in [0.15, 0.2) is 27.4 Å². The second kappa shape index (κ2) is 3.84. The highest BCUT2D eigenvalue weighted by molar-refractivity contribution is 9.11. The van der Waals surface area contributed by atoms with Crippen molar-refractivity contribution >= 4 is 44.6 Å². The molecule has 5 heteroatoms. The highest BCUT2D eigenvalue weighted by atomic mass is 79.9. The largest absolute Gasteiger partial charge is 0.478 e. The number of carboxylic acids is 1. The molecule has 0 unspecified atom stereocenters. The van der Waals surface area contributed by atoms with Gasteiger partial charge in [-0.15, -0.1) is 22.7 Å². The van der Waals surface area contributed by atoms with E-state index in [2.05, 4.69) is 15.9 Å². The third-order valence-electron chi connectivity index (χ3n) is 1.66. The first-order valence-corrected chi connectivity index (χ1v) is 6.23. The lowest BCUT2D eigenvalue weighted by molar-refractivity contribution is 0.0697.